The van der Waals surface area contributed by atoms with Crippen LogP contribution in [0.3, 0.4) is 0 Å². The van der Waals surface area contributed by atoms with Crippen molar-refractivity contribution < 1.29 is 9.59 Å². The Morgan fingerprint density at radius 3 is 2.81 bits per heavy atom. The zero-order valence-electron chi connectivity index (χ0n) is 14.9. The molecule has 2 aromatic heterocycles. The van der Waals surface area contributed by atoms with Crippen LogP contribution in [0.15, 0.2) is 47.4 Å². The number of pyridine rings is 1. The van der Waals surface area contributed by atoms with Gasteiger partial charge in [-0.25, -0.2) is 9.48 Å². The molecular formula is C19H19N5O3. The lowest BCUT2D eigenvalue weighted by Crippen LogP contribution is -2.40. The van der Waals surface area contributed by atoms with Gasteiger partial charge in [-0.2, -0.15) is 0 Å². The van der Waals surface area contributed by atoms with Crippen LogP contribution in [-0.4, -0.2) is 37.4 Å². The number of carbonyl (C=O) groups is 2. The first-order chi connectivity index (χ1) is 13.0. The van der Waals surface area contributed by atoms with E-state index in [1.165, 1.54) is 16.0 Å². The molecule has 1 aliphatic heterocycles. The van der Waals surface area contributed by atoms with Crippen molar-refractivity contribution in [1.82, 2.24) is 19.1 Å². The normalized spacial score (nSPS) is 13.4. The minimum absolute atomic E-state index is 0.0960. The largest absolute Gasteiger partial charge is 0.350 e. The van der Waals surface area contributed by atoms with Crippen LogP contribution in [0, 0.1) is 0 Å². The Labute approximate surface area is 155 Å². The smallest absolute Gasteiger partial charge is 0.336 e. The van der Waals surface area contributed by atoms with E-state index in [9.17, 15) is 14.4 Å². The van der Waals surface area contributed by atoms with Crippen LogP contribution in [-0.2, 0) is 29.1 Å². The van der Waals surface area contributed by atoms with Crippen LogP contribution < -0.4 is 11.0 Å². The number of nitrogens with one attached hydrogen (secondary N) is 1. The van der Waals surface area contributed by atoms with E-state index in [-0.39, 0.29) is 24.0 Å². The molecule has 1 aromatic carbocycles. The Hall–Kier alpha value is -3.42. The van der Waals surface area contributed by atoms with Gasteiger partial charge in [0.25, 0.3) is 0 Å². The van der Waals surface area contributed by atoms with E-state index >= 15 is 0 Å². The fourth-order valence-electron chi connectivity index (χ4n) is 3.43. The van der Waals surface area contributed by atoms with Gasteiger partial charge in [0.15, 0.2) is 5.65 Å². The number of hydrogen-bond donors (Lipinski definition) is 1. The number of carbonyl (C=O) groups excluding carboxylic acids is 2. The predicted molar refractivity (Wildman–Crippen MR) is 99.3 cm³/mol. The molecule has 0 saturated heterocycles. The van der Waals surface area contributed by atoms with Gasteiger partial charge in [0.2, 0.25) is 11.8 Å². The number of fused-ring (bicyclic) bond motifs is 2. The van der Waals surface area contributed by atoms with Crippen LogP contribution in [0.25, 0.3) is 5.65 Å². The lowest BCUT2D eigenvalue weighted by atomic mass is 9.97. The highest BCUT2D eigenvalue weighted by Gasteiger charge is 2.23. The summed E-state index contributed by atoms with van der Waals surface area (Å²) in [6.07, 6.45) is 2.28. The van der Waals surface area contributed by atoms with Crippen molar-refractivity contribution in [3.63, 3.8) is 0 Å². The van der Waals surface area contributed by atoms with Gasteiger partial charge in [-0.05, 0) is 35.7 Å². The molecule has 0 unspecified atom stereocenters. The van der Waals surface area contributed by atoms with Crippen LogP contribution in [0.2, 0.25) is 0 Å². The molecule has 4 rings (SSSR count). The molecule has 3 aromatic rings. The van der Waals surface area contributed by atoms with E-state index in [4.69, 9.17) is 0 Å². The number of nitrogens with zero attached hydrogens (tertiary/aromatic N) is 4. The number of amides is 2. The van der Waals surface area contributed by atoms with Crippen LogP contribution in [0.1, 0.15) is 18.1 Å². The lowest BCUT2D eigenvalue weighted by Gasteiger charge is -2.30. The molecule has 8 heteroatoms. The zero-order chi connectivity index (χ0) is 19.0. The summed E-state index contributed by atoms with van der Waals surface area (Å²) in [6.45, 7) is 2.36. The summed E-state index contributed by atoms with van der Waals surface area (Å²) in [5, 5.41) is 7.05. The van der Waals surface area contributed by atoms with Crippen molar-refractivity contribution in [2.75, 3.05) is 11.9 Å². The second-order valence-corrected chi connectivity index (χ2v) is 6.56. The average molecular weight is 365 g/mol. The van der Waals surface area contributed by atoms with E-state index in [0.717, 1.165) is 16.8 Å². The molecule has 1 N–H and O–H groups in total. The molecule has 0 bridgehead atoms. The van der Waals surface area contributed by atoms with Crippen molar-refractivity contribution in [2.24, 2.45) is 0 Å². The first kappa shape index (κ1) is 17.0. The van der Waals surface area contributed by atoms with Crippen LogP contribution >= 0.6 is 0 Å². The first-order valence-corrected chi connectivity index (χ1v) is 8.73. The number of hydrogen-bond acceptors (Lipinski definition) is 4. The predicted octanol–water partition coefficient (Wildman–Crippen LogP) is 1.04. The maximum Gasteiger partial charge on any atom is 0.350 e. The van der Waals surface area contributed by atoms with Crippen molar-refractivity contribution in [2.45, 2.75) is 26.4 Å². The number of rotatable bonds is 3. The second-order valence-electron chi connectivity index (χ2n) is 6.56. The molecule has 8 nitrogen and oxygen atoms in total. The topological polar surface area (TPSA) is 88.7 Å². The standard InChI is InChI=1S/C19H19N5O3/c1-13(25)20-16-6-4-5-14-11-22(10-8-15(14)16)18(26)12-24-19(27)23-9-3-2-7-17(23)21-24/h2-7,9H,8,10-12H2,1H3,(H,20,25). The van der Waals surface area contributed by atoms with Gasteiger partial charge < -0.3 is 10.2 Å². The molecule has 0 spiro atoms. The summed E-state index contributed by atoms with van der Waals surface area (Å²) in [5.74, 6) is -0.274. The highest BCUT2D eigenvalue weighted by molar-refractivity contribution is 5.90. The third kappa shape index (κ3) is 3.21. The summed E-state index contributed by atoms with van der Waals surface area (Å²) in [6, 6.07) is 11.0. The van der Waals surface area contributed by atoms with E-state index in [2.05, 4.69) is 10.4 Å². The van der Waals surface area contributed by atoms with Gasteiger partial charge in [-0.1, -0.05) is 18.2 Å². The van der Waals surface area contributed by atoms with Crippen molar-refractivity contribution >= 4 is 23.1 Å². The SMILES string of the molecule is CC(=O)Nc1cccc2c1CCN(C(=O)Cn1nc3ccccn3c1=O)C2. The van der Waals surface area contributed by atoms with Crippen LogP contribution in [0.4, 0.5) is 5.69 Å². The lowest BCUT2D eigenvalue weighted by molar-refractivity contribution is -0.133. The number of aromatic nitrogens is 3. The first-order valence-electron chi connectivity index (χ1n) is 8.73. The summed E-state index contributed by atoms with van der Waals surface area (Å²) in [4.78, 5) is 38.1. The average Bonchev–Trinajstić information content (AvgIpc) is 2.97. The molecular weight excluding hydrogens is 346 g/mol. The Morgan fingerprint density at radius 2 is 2.04 bits per heavy atom. The van der Waals surface area contributed by atoms with Gasteiger partial charge in [0, 0.05) is 31.9 Å². The molecule has 1 aliphatic rings. The summed E-state index contributed by atoms with van der Waals surface area (Å²) >= 11 is 0. The van der Waals surface area contributed by atoms with E-state index in [1.807, 2.05) is 18.2 Å². The molecule has 27 heavy (non-hydrogen) atoms. The van der Waals surface area contributed by atoms with Crippen molar-refractivity contribution in [1.29, 1.82) is 0 Å². The van der Waals surface area contributed by atoms with Gasteiger partial charge in [0.05, 0.1) is 0 Å². The third-order valence-electron chi connectivity index (χ3n) is 4.70. The Balaban J connectivity index is 1.53. The minimum atomic E-state index is -0.329. The molecule has 0 fully saturated rings. The quantitative estimate of drug-likeness (QED) is 0.751. The molecule has 0 atom stereocenters. The highest BCUT2D eigenvalue weighted by atomic mass is 16.2. The summed E-state index contributed by atoms with van der Waals surface area (Å²) in [5.41, 5.74) is 3.04. The maximum absolute atomic E-state index is 12.7. The molecule has 0 aliphatic carbocycles. The molecule has 3 heterocycles. The van der Waals surface area contributed by atoms with E-state index < -0.39 is 0 Å². The van der Waals surface area contributed by atoms with Gasteiger partial charge >= 0.3 is 5.69 Å². The van der Waals surface area contributed by atoms with Gasteiger partial charge in [0.1, 0.15) is 6.54 Å². The highest BCUT2D eigenvalue weighted by Crippen LogP contribution is 2.26. The molecule has 138 valence electrons. The monoisotopic (exact) mass is 365 g/mol. The van der Waals surface area contributed by atoms with Crippen molar-refractivity contribution in [3.8, 4) is 0 Å². The maximum atomic E-state index is 12.7. The molecule has 0 saturated carbocycles. The number of anilines is 1. The van der Waals surface area contributed by atoms with E-state index in [1.54, 1.807) is 29.3 Å². The Kier molecular flexibility index (Phi) is 4.23. The zero-order valence-corrected chi connectivity index (χ0v) is 14.9. The van der Waals surface area contributed by atoms with Gasteiger partial charge in [-0.3, -0.25) is 14.0 Å². The van der Waals surface area contributed by atoms with Crippen molar-refractivity contribution in [3.05, 3.63) is 64.2 Å². The molecule has 0 radical (unpaired) electrons. The molecule has 2 amide bonds. The van der Waals surface area contributed by atoms with Gasteiger partial charge in [-0.15, -0.1) is 5.10 Å². The Morgan fingerprint density at radius 1 is 1.19 bits per heavy atom. The van der Waals surface area contributed by atoms with Crippen LogP contribution in [0.5, 0.6) is 0 Å². The fraction of sp³-hybridized carbons (Fsp3) is 0.263. The summed E-state index contributed by atoms with van der Waals surface area (Å²) in [7, 11) is 0. The fourth-order valence-corrected chi connectivity index (χ4v) is 3.43. The minimum Gasteiger partial charge on any atom is -0.336 e. The van der Waals surface area contributed by atoms with E-state index in [0.29, 0.717) is 25.2 Å². The number of benzene rings is 1. The summed E-state index contributed by atoms with van der Waals surface area (Å²) < 4.78 is 2.61. The Bertz CT molecular complexity index is 1100. The second kappa shape index (κ2) is 6.71. The third-order valence-corrected chi connectivity index (χ3v) is 4.70.